The number of piperazine rings is 1. The van der Waals surface area contributed by atoms with Crippen LogP contribution in [0.25, 0.3) is 0 Å². The Balaban J connectivity index is 2.14. The van der Waals surface area contributed by atoms with Crippen LogP contribution in [0.4, 0.5) is 0 Å². The number of hydrogen-bond acceptors (Lipinski definition) is 3. The van der Waals surface area contributed by atoms with Crippen LogP contribution in [-0.2, 0) is 0 Å². The second-order valence-corrected chi connectivity index (χ2v) is 3.91. The Morgan fingerprint density at radius 2 is 2.31 bits per heavy atom. The minimum Gasteiger partial charge on any atom is -0.314 e. The lowest BCUT2D eigenvalue weighted by molar-refractivity contribution is 0.423. The van der Waals surface area contributed by atoms with Crippen LogP contribution in [0.5, 0.6) is 0 Å². The van der Waals surface area contributed by atoms with Crippen LogP contribution in [0.15, 0.2) is 22.8 Å². The van der Waals surface area contributed by atoms with Crippen LogP contribution >= 0.6 is 15.9 Å². The zero-order valence-corrected chi connectivity index (χ0v) is 8.84. The van der Waals surface area contributed by atoms with E-state index in [-0.39, 0.29) is 0 Å². The van der Waals surface area contributed by atoms with Crippen LogP contribution in [0.2, 0.25) is 0 Å². The van der Waals surface area contributed by atoms with E-state index in [1.165, 1.54) is 0 Å². The fourth-order valence-corrected chi connectivity index (χ4v) is 1.84. The molecule has 0 aromatic carbocycles. The van der Waals surface area contributed by atoms with Crippen molar-refractivity contribution in [3.8, 4) is 0 Å². The summed E-state index contributed by atoms with van der Waals surface area (Å²) in [6.07, 6.45) is 0. The predicted octanol–water partition coefficient (Wildman–Crippen LogP) is 1.08. The lowest BCUT2D eigenvalue weighted by Gasteiger charge is -2.23. The van der Waals surface area contributed by atoms with Crippen molar-refractivity contribution in [3.05, 3.63) is 28.5 Å². The van der Waals surface area contributed by atoms with Gasteiger partial charge in [0.05, 0.1) is 11.7 Å². The smallest absolute Gasteiger partial charge is 0.106 e. The molecule has 0 spiro atoms. The van der Waals surface area contributed by atoms with Crippen molar-refractivity contribution in [3.63, 3.8) is 0 Å². The van der Waals surface area contributed by atoms with Crippen molar-refractivity contribution in [2.75, 3.05) is 19.6 Å². The number of halogens is 1. The largest absolute Gasteiger partial charge is 0.314 e. The van der Waals surface area contributed by atoms with Gasteiger partial charge in [-0.3, -0.25) is 0 Å². The van der Waals surface area contributed by atoms with Crippen LogP contribution in [-0.4, -0.2) is 24.6 Å². The molecule has 1 saturated heterocycles. The van der Waals surface area contributed by atoms with E-state index in [2.05, 4.69) is 37.6 Å². The molecule has 3 nitrogen and oxygen atoms in total. The molecule has 2 heterocycles. The average Bonchev–Trinajstić information content (AvgIpc) is 2.19. The Bertz CT molecular complexity index is 284. The van der Waals surface area contributed by atoms with Crippen molar-refractivity contribution in [2.45, 2.75) is 6.04 Å². The van der Waals surface area contributed by atoms with E-state index < -0.39 is 0 Å². The van der Waals surface area contributed by atoms with Gasteiger partial charge in [0.25, 0.3) is 0 Å². The Hall–Kier alpha value is -0.450. The van der Waals surface area contributed by atoms with Crippen molar-refractivity contribution in [1.82, 2.24) is 15.6 Å². The average molecular weight is 242 g/mol. The van der Waals surface area contributed by atoms with Gasteiger partial charge in [-0.25, -0.2) is 4.98 Å². The highest BCUT2D eigenvalue weighted by Crippen LogP contribution is 2.14. The summed E-state index contributed by atoms with van der Waals surface area (Å²) in [6, 6.07) is 6.36. The Labute approximate surface area is 86.1 Å². The van der Waals surface area contributed by atoms with Crippen LogP contribution in [0.1, 0.15) is 11.7 Å². The first-order valence-electron chi connectivity index (χ1n) is 4.43. The van der Waals surface area contributed by atoms with E-state index in [0.29, 0.717) is 6.04 Å². The lowest BCUT2D eigenvalue weighted by atomic mass is 10.1. The molecule has 0 amide bonds. The van der Waals surface area contributed by atoms with Crippen molar-refractivity contribution >= 4 is 15.9 Å². The van der Waals surface area contributed by atoms with Gasteiger partial charge in [-0.2, -0.15) is 0 Å². The lowest BCUT2D eigenvalue weighted by Crippen LogP contribution is -2.42. The third kappa shape index (κ3) is 2.27. The number of hydrogen-bond donors (Lipinski definition) is 2. The molecule has 0 saturated carbocycles. The molecule has 1 aliphatic rings. The third-order valence-corrected chi connectivity index (χ3v) is 2.58. The quantitative estimate of drug-likeness (QED) is 0.723. The molecular formula is C9H12BrN3. The number of rotatable bonds is 1. The highest BCUT2D eigenvalue weighted by molar-refractivity contribution is 9.10. The van der Waals surface area contributed by atoms with Gasteiger partial charge in [0.15, 0.2) is 0 Å². The number of nitrogens with zero attached hydrogens (tertiary/aromatic N) is 1. The Morgan fingerprint density at radius 3 is 3.00 bits per heavy atom. The summed E-state index contributed by atoms with van der Waals surface area (Å²) in [7, 11) is 0. The molecule has 1 aliphatic heterocycles. The van der Waals surface area contributed by atoms with Gasteiger partial charge in [0, 0.05) is 19.6 Å². The Morgan fingerprint density at radius 1 is 1.38 bits per heavy atom. The van der Waals surface area contributed by atoms with Gasteiger partial charge in [-0.1, -0.05) is 6.07 Å². The normalized spacial score (nSPS) is 23.0. The van der Waals surface area contributed by atoms with E-state index in [1.54, 1.807) is 0 Å². The van der Waals surface area contributed by atoms with Gasteiger partial charge >= 0.3 is 0 Å². The van der Waals surface area contributed by atoms with Crippen molar-refractivity contribution in [2.24, 2.45) is 0 Å². The molecule has 0 radical (unpaired) electrons. The minimum atomic E-state index is 0.353. The van der Waals surface area contributed by atoms with Gasteiger partial charge in [0.1, 0.15) is 4.60 Å². The monoisotopic (exact) mass is 241 g/mol. The molecule has 2 N–H and O–H groups in total. The van der Waals surface area contributed by atoms with Gasteiger partial charge in [0.2, 0.25) is 0 Å². The summed E-state index contributed by atoms with van der Waals surface area (Å²) < 4.78 is 0.900. The summed E-state index contributed by atoms with van der Waals surface area (Å²) in [5.74, 6) is 0. The van der Waals surface area contributed by atoms with E-state index >= 15 is 0 Å². The van der Waals surface area contributed by atoms with E-state index in [4.69, 9.17) is 0 Å². The standard InChI is InChI=1S/C9H12BrN3/c10-9-3-1-2-7(13-9)8-6-11-4-5-12-8/h1-3,8,11-12H,4-6H2/t8-/m0/s1. The maximum absolute atomic E-state index is 4.41. The highest BCUT2D eigenvalue weighted by atomic mass is 79.9. The number of aromatic nitrogens is 1. The van der Waals surface area contributed by atoms with Gasteiger partial charge in [-0.15, -0.1) is 0 Å². The maximum atomic E-state index is 4.41. The topological polar surface area (TPSA) is 37.0 Å². The fraction of sp³-hybridized carbons (Fsp3) is 0.444. The fourth-order valence-electron chi connectivity index (χ4n) is 1.48. The second kappa shape index (κ2) is 4.17. The molecule has 1 fully saturated rings. The SMILES string of the molecule is Brc1cccc([C@@H]2CNCCN2)n1. The number of nitrogens with one attached hydrogen (secondary N) is 2. The zero-order chi connectivity index (χ0) is 9.10. The van der Waals surface area contributed by atoms with Gasteiger partial charge in [-0.05, 0) is 28.1 Å². The molecular weight excluding hydrogens is 230 g/mol. The first-order valence-corrected chi connectivity index (χ1v) is 5.22. The Kier molecular flexibility index (Phi) is 2.93. The molecule has 1 aromatic rings. The zero-order valence-electron chi connectivity index (χ0n) is 7.26. The van der Waals surface area contributed by atoms with Crippen LogP contribution < -0.4 is 10.6 Å². The molecule has 2 rings (SSSR count). The second-order valence-electron chi connectivity index (χ2n) is 3.10. The third-order valence-electron chi connectivity index (χ3n) is 2.13. The van der Waals surface area contributed by atoms with Crippen LogP contribution in [0, 0.1) is 0 Å². The molecule has 0 bridgehead atoms. The molecule has 13 heavy (non-hydrogen) atoms. The minimum absolute atomic E-state index is 0.353. The van der Waals surface area contributed by atoms with Crippen LogP contribution in [0.3, 0.4) is 0 Å². The molecule has 0 aliphatic carbocycles. The summed E-state index contributed by atoms with van der Waals surface area (Å²) in [5, 5.41) is 6.75. The van der Waals surface area contributed by atoms with E-state index in [0.717, 1.165) is 29.9 Å². The molecule has 4 heteroatoms. The predicted molar refractivity (Wildman–Crippen MR) is 55.6 cm³/mol. The first kappa shape index (κ1) is 9.12. The molecule has 70 valence electrons. The van der Waals surface area contributed by atoms with Crippen molar-refractivity contribution < 1.29 is 0 Å². The highest BCUT2D eigenvalue weighted by Gasteiger charge is 2.14. The van der Waals surface area contributed by atoms with E-state index in [9.17, 15) is 0 Å². The van der Waals surface area contributed by atoms with E-state index in [1.807, 2.05) is 12.1 Å². The van der Waals surface area contributed by atoms with Crippen molar-refractivity contribution in [1.29, 1.82) is 0 Å². The summed E-state index contributed by atoms with van der Waals surface area (Å²) >= 11 is 3.37. The molecule has 0 unspecified atom stereocenters. The number of pyridine rings is 1. The summed E-state index contributed by atoms with van der Waals surface area (Å²) in [4.78, 5) is 4.41. The maximum Gasteiger partial charge on any atom is 0.106 e. The summed E-state index contributed by atoms with van der Waals surface area (Å²) in [5.41, 5.74) is 1.10. The molecule has 1 aromatic heterocycles. The van der Waals surface area contributed by atoms with Gasteiger partial charge < -0.3 is 10.6 Å². The first-order chi connectivity index (χ1) is 6.36. The summed E-state index contributed by atoms with van der Waals surface area (Å²) in [6.45, 7) is 3.02. The molecule has 1 atom stereocenters.